The number of halogens is 1. The number of nitrogens with one attached hydrogen (secondary N) is 1. The molecule has 0 saturated carbocycles. The normalized spacial score (nSPS) is 16.6. The second kappa shape index (κ2) is 9.35. The Hall–Kier alpha value is -2.89. The van der Waals surface area contributed by atoms with Gasteiger partial charge in [0.15, 0.2) is 0 Å². The summed E-state index contributed by atoms with van der Waals surface area (Å²) in [7, 11) is 0. The molecule has 1 saturated heterocycles. The number of carbonyl (C=O) groups excluding carboxylic acids is 2. The van der Waals surface area contributed by atoms with Gasteiger partial charge in [-0.05, 0) is 48.6 Å². The molecule has 0 bridgehead atoms. The van der Waals surface area contributed by atoms with E-state index in [4.69, 9.17) is 5.73 Å². The fourth-order valence-electron chi connectivity index (χ4n) is 3.51. The topological polar surface area (TPSA) is 75.4 Å². The molecule has 1 atom stereocenters. The van der Waals surface area contributed by atoms with E-state index in [1.165, 1.54) is 6.07 Å². The number of primary amides is 1. The second-order valence-corrected chi connectivity index (χ2v) is 7.22. The van der Waals surface area contributed by atoms with Gasteiger partial charge in [-0.3, -0.25) is 9.59 Å². The van der Waals surface area contributed by atoms with E-state index in [0.717, 1.165) is 30.6 Å². The Kier molecular flexibility index (Phi) is 6.63. The summed E-state index contributed by atoms with van der Waals surface area (Å²) in [6.07, 6.45) is 2.44. The number of hydrogen-bond donors (Lipinski definition) is 2. The lowest BCUT2D eigenvalue weighted by molar-refractivity contribution is -0.122. The van der Waals surface area contributed by atoms with E-state index in [9.17, 15) is 14.0 Å². The predicted molar refractivity (Wildman–Crippen MR) is 107 cm³/mol. The first-order chi connectivity index (χ1) is 13.5. The Morgan fingerprint density at radius 1 is 1.14 bits per heavy atom. The highest BCUT2D eigenvalue weighted by Crippen LogP contribution is 2.23. The van der Waals surface area contributed by atoms with Gasteiger partial charge < -0.3 is 16.0 Å². The Labute approximate surface area is 164 Å². The average molecular weight is 383 g/mol. The van der Waals surface area contributed by atoms with Crippen LogP contribution in [0.15, 0.2) is 48.5 Å². The van der Waals surface area contributed by atoms with Crippen LogP contribution in [0.5, 0.6) is 0 Å². The van der Waals surface area contributed by atoms with E-state index >= 15 is 0 Å². The van der Waals surface area contributed by atoms with E-state index in [1.807, 2.05) is 24.3 Å². The molecule has 1 fully saturated rings. The minimum Gasteiger partial charge on any atom is -0.371 e. The molecule has 0 aromatic heterocycles. The largest absolute Gasteiger partial charge is 0.371 e. The molecule has 148 valence electrons. The van der Waals surface area contributed by atoms with Crippen molar-refractivity contribution < 1.29 is 14.0 Å². The quantitative estimate of drug-likeness (QED) is 0.772. The predicted octanol–water partition coefficient (Wildman–Crippen LogP) is 2.78. The van der Waals surface area contributed by atoms with Crippen LogP contribution in [0.4, 0.5) is 10.1 Å². The summed E-state index contributed by atoms with van der Waals surface area (Å²) in [6, 6.07) is 14.5. The first kappa shape index (κ1) is 19.9. The van der Waals surface area contributed by atoms with Gasteiger partial charge in [-0.15, -0.1) is 0 Å². The number of hydrogen-bond acceptors (Lipinski definition) is 3. The summed E-state index contributed by atoms with van der Waals surface area (Å²) in [5, 5.41) is 2.87. The maximum absolute atomic E-state index is 13.6. The lowest BCUT2D eigenvalue weighted by Crippen LogP contribution is -2.41. The Morgan fingerprint density at radius 3 is 2.61 bits per heavy atom. The Morgan fingerprint density at radius 2 is 1.89 bits per heavy atom. The smallest absolute Gasteiger partial charge is 0.222 e. The molecule has 1 aliphatic rings. The highest BCUT2D eigenvalue weighted by atomic mass is 19.1. The molecule has 0 spiro atoms. The van der Waals surface area contributed by atoms with Crippen molar-refractivity contribution in [2.45, 2.75) is 32.2 Å². The maximum Gasteiger partial charge on any atom is 0.222 e. The summed E-state index contributed by atoms with van der Waals surface area (Å²) >= 11 is 0. The van der Waals surface area contributed by atoms with Crippen LogP contribution in [0.3, 0.4) is 0 Å². The third-order valence-electron chi connectivity index (χ3n) is 5.19. The highest BCUT2D eigenvalue weighted by Gasteiger charge is 2.24. The van der Waals surface area contributed by atoms with Gasteiger partial charge >= 0.3 is 0 Å². The number of amides is 2. The number of anilines is 1. The molecule has 0 radical (unpaired) electrons. The number of benzene rings is 2. The van der Waals surface area contributed by atoms with Crippen molar-refractivity contribution in [3.8, 4) is 0 Å². The molecule has 5 nitrogen and oxygen atoms in total. The van der Waals surface area contributed by atoms with Crippen LogP contribution >= 0.6 is 0 Å². The molecule has 0 aliphatic carbocycles. The van der Waals surface area contributed by atoms with Gasteiger partial charge in [-0.1, -0.05) is 30.3 Å². The molecule has 6 heteroatoms. The van der Waals surface area contributed by atoms with Gasteiger partial charge in [0.05, 0.1) is 5.92 Å². The van der Waals surface area contributed by atoms with Crippen LogP contribution in [-0.2, 0) is 22.6 Å². The van der Waals surface area contributed by atoms with Crippen molar-refractivity contribution in [3.63, 3.8) is 0 Å². The fraction of sp³-hybridized carbons (Fsp3) is 0.364. The van der Waals surface area contributed by atoms with E-state index in [1.54, 1.807) is 18.2 Å². The number of nitrogens with zero attached hydrogens (tertiary/aromatic N) is 1. The summed E-state index contributed by atoms with van der Waals surface area (Å²) in [6.45, 7) is 2.00. The van der Waals surface area contributed by atoms with Crippen molar-refractivity contribution >= 4 is 17.5 Å². The third-order valence-corrected chi connectivity index (χ3v) is 5.19. The van der Waals surface area contributed by atoms with Gasteiger partial charge in [0.2, 0.25) is 11.8 Å². The van der Waals surface area contributed by atoms with Gasteiger partial charge in [0.1, 0.15) is 5.82 Å². The van der Waals surface area contributed by atoms with E-state index in [0.29, 0.717) is 25.1 Å². The fourth-order valence-corrected chi connectivity index (χ4v) is 3.51. The zero-order valence-electron chi connectivity index (χ0n) is 15.9. The molecule has 1 heterocycles. The molecule has 3 rings (SSSR count). The van der Waals surface area contributed by atoms with Crippen LogP contribution in [0.25, 0.3) is 0 Å². The van der Waals surface area contributed by atoms with Crippen molar-refractivity contribution in [2.24, 2.45) is 11.7 Å². The number of piperidine rings is 1. The van der Waals surface area contributed by atoms with Crippen molar-refractivity contribution in [1.82, 2.24) is 5.32 Å². The first-order valence-corrected chi connectivity index (χ1v) is 9.66. The van der Waals surface area contributed by atoms with Gasteiger partial charge in [-0.25, -0.2) is 4.39 Å². The molecule has 2 aromatic rings. The number of rotatable bonds is 7. The average Bonchev–Trinajstić information content (AvgIpc) is 2.72. The first-order valence-electron chi connectivity index (χ1n) is 9.66. The van der Waals surface area contributed by atoms with Crippen molar-refractivity contribution in [2.75, 3.05) is 18.0 Å². The summed E-state index contributed by atoms with van der Waals surface area (Å²) in [5.74, 6) is -0.712. The zero-order valence-corrected chi connectivity index (χ0v) is 15.9. The van der Waals surface area contributed by atoms with Gasteiger partial charge in [0.25, 0.3) is 0 Å². The number of nitrogens with two attached hydrogens (primary N) is 1. The molecule has 3 N–H and O–H groups in total. The zero-order chi connectivity index (χ0) is 19.9. The summed E-state index contributed by atoms with van der Waals surface area (Å²) in [5.41, 5.74) is 8.04. The van der Waals surface area contributed by atoms with Crippen LogP contribution < -0.4 is 16.0 Å². The van der Waals surface area contributed by atoms with E-state index < -0.39 is 0 Å². The molecule has 0 unspecified atom stereocenters. The molecule has 28 heavy (non-hydrogen) atoms. The maximum atomic E-state index is 13.6. The summed E-state index contributed by atoms with van der Waals surface area (Å²) < 4.78 is 13.6. The van der Waals surface area contributed by atoms with E-state index in [2.05, 4.69) is 10.2 Å². The molecular formula is C22H26FN3O2. The van der Waals surface area contributed by atoms with Crippen LogP contribution in [0, 0.1) is 11.7 Å². The Balaban J connectivity index is 1.47. The Bertz CT molecular complexity index is 823. The third kappa shape index (κ3) is 5.31. The lowest BCUT2D eigenvalue weighted by Gasteiger charge is -2.33. The van der Waals surface area contributed by atoms with Crippen LogP contribution in [0.2, 0.25) is 0 Å². The van der Waals surface area contributed by atoms with Crippen molar-refractivity contribution in [3.05, 3.63) is 65.5 Å². The van der Waals surface area contributed by atoms with Gasteiger partial charge in [-0.2, -0.15) is 0 Å². The minimum atomic E-state index is -0.276. The summed E-state index contributed by atoms with van der Waals surface area (Å²) in [4.78, 5) is 25.6. The molecule has 1 aliphatic heterocycles. The van der Waals surface area contributed by atoms with Gasteiger partial charge in [0, 0.05) is 31.7 Å². The number of aryl methyl sites for hydroxylation is 1. The SMILES string of the molecule is NC(=O)[C@@H]1CCCN(c2ccc(CNC(=O)CCc3ccccc3F)cc2)C1. The monoisotopic (exact) mass is 383 g/mol. The second-order valence-electron chi connectivity index (χ2n) is 7.22. The molecular weight excluding hydrogens is 357 g/mol. The lowest BCUT2D eigenvalue weighted by atomic mass is 9.97. The minimum absolute atomic E-state index is 0.0952. The van der Waals surface area contributed by atoms with Crippen LogP contribution in [-0.4, -0.2) is 24.9 Å². The van der Waals surface area contributed by atoms with Crippen molar-refractivity contribution in [1.29, 1.82) is 0 Å². The van der Waals surface area contributed by atoms with Crippen LogP contribution in [0.1, 0.15) is 30.4 Å². The highest BCUT2D eigenvalue weighted by molar-refractivity contribution is 5.77. The number of carbonyl (C=O) groups is 2. The van der Waals surface area contributed by atoms with E-state index in [-0.39, 0.29) is 30.0 Å². The standard InChI is InChI=1S/C22H26FN3O2/c23-20-6-2-1-4-17(20)9-12-21(27)25-14-16-7-10-19(11-8-16)26-13-3-5-18(15-26)22(24)28/h1-2,4,6-8,10-11,18H,3,5,9,12-15H2,(H2,24,28)(H,25,27)/t18-/m1/s1. The molecule has 2 aromatic carbocycles. The molecule has 2 amide bonds.